The predicted molar refractivity (Wildman–Crippen MR) is 102 cm³/mol. The predicted octanol–water partition coefficient (Wildman–Crippen LogP) is 3.22. The average Bonchev–Trinajstić information content (AvgIpc) is 2.98. The summed E-state index contributed by atoms with van der Waals surface area (Å²) in [5.41, 5.74) is 3.11. The first-order valence-electron chi connectivity index (χ1n) is 8.31. The number of carbonyl (C=O) groups excluding carboxylic acids is 1. The number of carbonyl (C=O) groups is 1. The van der Waals surface area contributed by atoms with Crippen LogP contribution in [0.2, 0.25) is 0 Å². The molecule has 0 atom stereocenters. The molecular weight excluding hydrogens is 364 g/mol. The van der Waals surface area contributed by atoms with Gasteiger partial charge in [0.2, 0.25) is 0 Å². The van der Waals surface area contributed by atoms with Gasteiger partial charge < -0.3 is 9.30 Å². The van der Waals surface area contributed by atoms with E-state index in [0.717, 1.165) is 11.2 Å². The summed E-state index contributed by atoms with van der Waals surface area (Å²) < 4.78 is 29.9. The molecule has 1 heterocycles. The van der Waals surface area contributed by atoms with E-state index in [4.69, 9.17) is 4.74 Å². The number of sulfone groups is 1. The van der Waals surface area contributed by atoms with Crippen LogP contribution in [-0.2, 0) is 20.3 Å². The number of hydrogen-bond acceptors (Lipinski definition) is 5. The molecule has 0 aliphatic carbocycles. The van der Waals surface area contributed by atoms with Crippen molar-refractivity contribution in [1.29, 1.82) is 5.26 Å². The van der Waals surface area contributed by atoms with E-state index in [1.807, 2.05) is 4.57 Å². The number of esters is 1. The third kappa shape index (κ3) is 4.01. The Morgan fingerprint density at radius 3 is 2.48 bits per heavy atom. The molecule has 0 N–H and O–H groups in total. The topological polar surface area (TPSA) is 89.2 Å². The molecule has 0 bridgehead atoms. The Bertz CT molecular complexity index is 1150. The summed E-state index contributed by atoms with van der Waals surface area (Å²) in [4.78, 5) is 11.8. The summed E-state index contributed by atoms with van der Waals surface area (Å²) in [5.74, 6) is -0.461. The highest BCUT2D eigenvalue weighted by Gasteiger charge is 2.13. The van der Waals surface area contributed by atoms with E-state index < -0.39 is 9.84 Å². The Morgan fingerprint density at radius 1 is 1.19 bits per heavy atom. The zero-order chi connectivity index (χ0) is 19.6. The van der Waals surface area contributed by atoms with Gasteiger partial charge in [0, 0.05) is 23.5 Å². The third-order valence-electron chi connectivity index (χ3n) is 4.07. The highest BCUT2D eigenvalue weighted by molar-refractivity contribution is 7.89. The van der Waals surface area contributed by atoms with Crippen molar-refractivity contribution in [2.45, 2.75) is 12.7 Å². The van der Waals surface area contributed by atoms with Gasteiger partial charge in [0.25, 0.3) is 0 Å². The van der Waals surface area contributed by atoms with Crippen molar-refractivity contribution in [1.82, 2.24) is 4.57 Å². The van der Waals surface area contributed by atoms with Crippen LogP contribution >= 0.6 is 0 Å². The van der Waals surface area contributed by atoms with E-state index in [0.29, 0.717) is 28.7 Å². The Labute approximate surface area is 157 Å². The van der Waals surface area contributed by atoms with Gasteiger partial charge in [-0.15, -0.1) is 0 Å². The second-order valence-corrected chi connectivity index (χ2v) is 8.35. The monoisotopic (exact) mass is 382 g/mol. The standard InChI is InChI=1S/C20H18N2O4S/c1-3-26-20(23)15-5-7-17(8-6-15)22-12-16(11-21)18-10-14(4-9-19(18)22)13-27(2,24)25/h4-10,12H,3,13H2,1-2H3. The number of hydrogen-bond donors (Lipinski definition) is 0. The average molecular weight is 382 g/mol. The molecule has 0 saturated carbocycles. The van der Waals surface area contributed by atoms with Gasteiger partial charge in [0.15, 0.2) is 9.84 Å². The molecule has 0 aliphatic rings. The van der Waals surface area contributed by atoms with Crippen molar-refractivity contribution in [3.63, 3.8) is 0 Å². The number of nitriles is 1. The van der Waals surface area contributed by atoms with Crippen LogP contribution in [0.3, 0.4) is 0 Å². The van der Waals surface area contributed by atoms with Gasteiger partial charge in [0.05, 0.1) is 29.0 Å². The zero-order valence-corrected chi connectivity index (χ0v) is 15.8. The highest BCUT2D eigenvalue weighted by Crippen LogP contribution is 2.26. The van der Waals surface area contributed by atoms with Gasteiger partial charge in [-0.3, -0.25) is 0 Å². The summed E-state index contributed by atoms with van der Waals surface area (Å²) in [5, 5.41) is 10.1. The summed E-state index contributed by atoms with van der Waals surface area (Å²) in [6.07, 6.45) is 2.88. The minimum atomic E-state index is -3.16. The molecule has 3 rings (SSSR count). The molecule has 0 spiro atoms. The number of benzene rings is 2. The summed E-state index contributed by atoms with van der Waals surface area (Å²) in [7, 11) is -3.16. The Kier molecular flexibility index (Phi) is 5.02. The lowest BCUT2D eigenvalue weighted by Crippen LogP contribution is -2.04. The van der Waals surface area contributed by atoms with Crippen LogP contribution in [0.15, 0.2) is 48.7 Å². The second-order valence-electron chi connectivity index (χ2n) is 6.21. The molecular formula is C20H18N2O4S. The zero-order valence-electron chi connectivity index (χ0n) is 15.0. The van der Waals surface area contributed by atoms with E-state index in [-0.39, 0.29) is 11.7 Å². The van der Waals surface area contributed by atoms with Crippen molar-refractivity contribution in [3.8, 4) is 11.8 Å². The fourth-order valence-corrected chi connectivity index (χ4v) is 3.73. The van der Waals surface area contributed by atoms with E-state index >= 15 is 0 Å². The lowest BCUT2D eigenvalue weighted by Gasteiger charge is -2.07. The molecule has 0 radical (unpaired) electrons. The summed E-state index contributed by atoms with van der Waals surface area (Å²) in [6.45, 7) is 2.06. The molecule has 6 nitrogen and oxygen atoms in total. The van der Waals surface area contributed by atoms with Crippen LogP contribution < -0.4 is 0 Å². The number of nitrogens with zero attached hydrogens (tertiary/aromatic N) is 2. The molecule has 7 heteroatoms. The smallest absolute Gasteiger partial charge is 0.338 e. The quantitative estimate of drug-likeness (QED) is 0.632. The van der Waals surface area contributed by atoms with Crippen LogP contribution in [-0.4, -0.2) is 31.8 Å². The lowest BCUT2D eigenvalue weighted by molar-refractivity contribution is 0.0526. The minimum Gasteiger partial charge on any atom is -0.462 e. The molecule has 27 heavy (non-hydrogen) atoms. The fraction of sp³-hybridized carbons (Fsp3) is 0.200. The first-order valence-corrected chi connectivity index (χ1v) is 10.4. The highest BCUT2D eigenvalue weighted by atomic mass is 32.2. The normalized spacial score (nSPS) is 11.3. The van der Waals surface area contributed by atoms with E-state index in [2.05, 4.69) is 6.07 Å². The van der Waals surface area contributed by atoms with Gasteiger partial charge in [-0.25, -0.2) is 13.2 Å². The van der Waals surface area contributed by atoms with Crippen molar-refractivity contribution in [2.75, 3.05) is 12.9 Å². The molecule has 1 aromatic heterocycles. The molecule has 3 aromatic rings. The minimum absolute atomic E-state index is 0.0762. The SMILES string of the molecule is CCOC(=O)c1ccc(-n2cc(C#N)c3cc(CS(C)(=O)=O)ccc32)cc1. The van der Waals surface area contributed by atoms with Crippen molar-refractivity contribution >= 4 is 26.7 Å². The maximum Gasteiger partial charge on any atom is 0.338 e. The fourth-order valence-electron chi connectivity index (χ4n) is 2.94. The molecule has 2 aromatic carbocycles. The number of fused-ring (bicyclic) bond motifs is 1. The molecule has 0 fully saturated rings. The first kappa shape index (κ1) is 18.7. The van der Waals surface area contributed by atoms with E-state index in [1.54, 1.807) is 55.6 Å². The summed E-state index contributed by atoms with van der Waals surface area (Å²) in [6, 6.07) is 14.3. The number of ether oxygens (including phenoxy) is 1. The number of aromatic nitrogens is 1. The Balaban J connectivity index is 2.05. The largest absolute Gasteiger partial charge is 0.462 e. The van der Waals surface area contributed by atoms with E-state index in [9.17, 15) is 18.5 Å². The molecule has 0 unspecified atom stereocenters. The van der Waals surface area contributed by atoms with Crippen molar-refractivity contribution < 1.29 is 17.9 Å². The van der Waals surface area contributed by atoms with Gasteiger partial charge in [-0.2, -0.15) is 5.26 Å². The second kappa shape index (κ2) is 7.25. The molecule has 0 saturated heterocycles. The van der Waals surface area contributed by atoms with Crippen LogP contribution in [0, 0.1) is 11.3 Å². The van der Waals surface area contributed by atoms with Crippen LogP contribution in [0.5, 0.6) is 0 Å². The van der Waals surface area contributed by atoms with Crippen LogP contribution in [0.1, 0.15) is 28.4 Å². The number of rotatable bonds is 5. The summed E-state index contributed by atoms with van der Waals surface area (Å²) >= 11 is 0. The van der Waals surface area contributed by atoms with Crippen LogP contribution in [0.25, 0.3) is 16.6 Å². The maximum atomic E-state index is 11.8. The molecule has 0 aliphatic heterocycles. The van der Waals surface area contributed by atoms with Crippen LogP contribution in [0.4, 0.5) is 0 Å². The molecule has 0 amide bonds. The molecule has 138 valence electrons. The first-order chi connectivity index (χ1) is 12.8. The Morgan fingerprint density at radius 2 is 1.89 bits per heavy atom. The van der Waals surface area contributed by atoms with Gasteiger partial charge in [0.1, 0.15) is 6.07 Å². The Hall–Kier alpha value is -3.11. The van der Waals surface area contributed by atoms with Crippen molar-refractivity contribution in [3.05, 3.63) is 65.4 Å². The van der Waals surface area contributed by atoms with Gasteiger partial charge in [-0.1, -0.05) is 6.07 Å². The third-order valence-corrected chi connectivity index (χ3v) is 4.93. The maximum absolute atomic E-state index is 11.8. The lowest BCUT2D eigenvalue weighted by atomic mass is 10.1. The van der Waals surface area contributed by atoms with Gasteiger partial charge >= 0.3 is 5.97 Å². The van der Waals surface area contributed by atoms with Gasteiger partial charge in [-0.05, 0) is 48.9 Å². The van der Waals surface area contributed by atoms with E-state index in [1.165, 1.54) is 6.26 Å². The van der Waals surface area contributed by atoms with Crippen molar-refractivity contribution in [2.24, 2.45) is 0 Å².